The van der Waals surface area contributed by atoms with Gasteiger partial charge >= 0.3 is 5.63 Å². The number of fused-ring (bicyclic) bond motifs is 1. The van der Waals surface area contributed by atoms with Gasteiger partial charge in [-0.15, -0.1) is 0 Å². The average Bonchev–Trinajstić information content (AvgIpc) is 3.11. The second kappa shape index (κ2) is 6.44. The summed E-state index contributed by atoms with van der Waals surface area (Å²) < 4.78 is 29.8. The molecule has 0 bridgehead atoms. The molecule has 0 amide bonds. The summed E-state index contributed by atoms with van der Waals surface area (Å²) in [6.07, 6.45) is 0. The summed E-state index contributed by atoms with van der Waals surface area (Å²) in [6, 6.07) is 12.5. The Hall–Kier alpha value is -3.48. The van der Waals surface area contributed by atoms with E-state index >= 15 is 0 Å². The van der Waals surface area contributed by atoms with Gasteiger partial charge in [-0.1, -0.05) is 17.3 Å². The quantitative estimate of drug-likeness (QED) is 0.516. The molecule has 26 heavy (non-hydrogen) atoms. The molecule has 4 rings (SSSR count). The second-order valence-corrected chi connectivity index (χ2v) is 5.47. The van der Waals surface area contributed by atoms with Crippen LogP contribution in [-0.2, 0) is 0 Å². The van der Waals surface area contributed by atoms with E-state index in [1.807, 2.05) is 6.92 Å². The molecule has 2 aromatic heterocycles. The molecular formula is C19H13FN2O4. The summed E-state index contributed by atoms with van der Waals surface area (Å²) in [6.45, 7) is 2.35. The average molecular weight is 352 g/mol. The number of halogens is 1. The van der Waals surface area contributed by atoms with Crippen molar-refractivity contribution in [1.82, 2.24) is 10.1 Å². The maximum Gasteiger partial charge on any atom is 0.337 e. The molecule has 0 unspecified atom stereocenters. The maximum atomic E-state index is 13.9. The normalized spacial score (nSPS) is 11.0. The van der Waals surface area contributed by atoms with Crippen LogP contribution in [-0.4, -0.2) is 16.7 Å². The number of rotatable bonds is 4. The van der Waals surface area contributed by atoms with E-state index < -0.39 is 11.4 Å². The van der Waals surface area contributed by atoms with Crippen LogP contribution in [0.15, 0.2) is 62.3 Å². The van der Waals surface area contributed by atoms with Crippen LogP contribution in [0.25, 0.3) is 33.8 Å². The molecule has 4 aromatic rings. The maximum absolute atomic E-state index is 13.9. The van der Waals surface area contributed by atoms with Gasteiger partial charge in [0, 0.05) is 17.5 Å². The van der Waals surface area contributed by atoms with Gasteiger partial charge in [0.15, 0.2) is 0 Å². The molecule has 7 heteroatoms. The SMILES string of the molecule is CCOc1ccc2c(-c3nc(-c4ccccc4F)no3)cc(=O)oc2c1. The Morgan fingerprint density at radius 3 is 2.77 bits per heavy atom. The second-order valence-electron chi connectivity index (χ2n) is 5.47. The third-order valence-corrected chi connectivity index (χ3v) is 3.80. The first-order valence-corrected chi connectivity index (χ1v) is 7.95. The summed E-state index contributed by atoms with van der Waals surface area (Å²) in [5.41, 5.74) is 0.402. The lowest BCUT2D eigenvalue weighted by molar-refractivity contribution is 0.340. The van der Waals surface area contributed by atoms with Gasteiger partial charge in [0.25, 0.3) is 5.89 Å². The minimum absolute atomic E-state index is 0.102. The lowest BCUT2D eigenvalue weighted by Crippen LogP contribution is -1.99. The Kier molecular flexibility index (Phi) is 3.96. The lowest BCUT2D eigenvalue weighted by Gasteiger charge is -2.05. The van der Waals surface area contributed by atoms with E-state index in [1.165, 1.54) is 12.1 Å². The third kappa shape index (κ3) is 2.83. The van der Waals surface area contributed by atoms with E-state index in [9.17, 15) is 9.18 Å². The molecule has 0 fully saturated rings. The van der Waals surface area contributed by atoms with Crippen molar-refractivity contribution in [2.75, 3.05) is 6.61 Å². The molecule has 0 aliphatic heterocycles. The van der Waals surface area contributed by atoms with Crippen molar-refractivity contribution < 1.29 is 18.1 Å². The van der Waals surface area contributed by atoms with Gasteiger partial charge in [-0.25, -0.2) is 9.18 Å². The fourth-order valence-corrected chi connectivity index (χ4v) is 2.66. The van der Waals surface area contributed by atoms with E-state index in [1.54, 1.807) is 36.4 Å². The number of ether oxygens (including phenoxy) is 1. The Bertz CT molecular complexity index is 1150. The first-order valence-electron chi connectivity index (χ1n) is 7.95. The molecule has 0 saturated carbocycles. The Labute approximate surface area is 146 Å². The number of hydrogen-bond donors (Lipinski definition) is 0. The molecule has 0 saturated heterocycles. The van der Waals surface area contributed by atoms with E-state index in [0.29, 0.717) is 28.9 Å². The van der Waals surface area contributed by atoms with Crippen molar-refractivity contribution in [3.05, 3.63) is 64.8 Å². The van der Waals surface area contributed by atoms with Crippen LogP contribution in [0.2, 0.25) is 0 Å². The van der Waals surface area contributed by atoms with Crippen molar-refractivity contribution in [3.63, 3.8) is 0 Å². The van der Waals surface area contributed by atoms with Crippen molar-refractivity contribution in [2.24, 2.45) is 0 Å². The Morgan fingerprint density at radius 1 is 1.12 bits per heavy atom. The Morgan fingerprint density at radius 2 is 1.96 bits per heavy atom. The molecule has 0 atom stereocenters. The highest BCUT2D eigenvalue weighted by molar-refractivity contribution is 5.91. The van der Waals surface area contributed by atoms with Gasteiger partial charge in [0.05, 0.1) is 17.7 Å². The zero-order chi connectivity index (χ0) is 18.1. The van der Waals surface area contributed by atoms with Gasteiger partial charge in [-0.3, -0.25) is 0 Å². The van der Waals surface area contributed by atoms with Crippen LogP contribution >= 0.6 is 0 Å². The van der Waals surface area contributed by atoms with Gasteiger partial charge in [-0.05, 0) is 31.2 Å². The topological polar surface area (TPSA) is 78.4 Å². The van der Waals surface area contributed by atoms with Crippen LogP contribution in [0.1, 0.15) is 6.92 Å². The highest BCUT2D eigenvalue weighted by atomic mass is 19.1. The van der Waals surface area contributed by atoms with Gasteiger partial charge in [0.1, 0.15) is 17.1 Å². The lowest BCUT2D eigenvalue weighted by atomic mass is 10.1. The molecule has 0 aliphatic carbocycles. The zero-order valence-corrected chi connectivity index (χ0v) is 13.7. The number of nitrogens with zero attached hydrogens (tertiary/aromatic N) is 2. The van der Waals surface area contributed by atoms with Gasteiger partial charge < -0.3 is 13.7 Å². The predicted molar refractivity (Wildman–Crippen MR) is 92.3 cm³/mol. The van der Waals surface area contributed by atoms with Crippen molar-refractivity contribution in [2.45, 2.75) is 6.92 Å². The molecular weight excluding hydrogens is 339 g/mol. The summed E-state index contributed by atoms with van der Waals surface area (Å²) in [4.78, 5) is 16.2. The number of aromatic nitrogens is 2. The monoisotopic (exact) mass is 352 g/mol. The molecule has 2 heterocycles. The van der Waals surface area contributed by atoms with E-state index in [4.69, 9.17) is 13.7 Å². The molecule has 0 N–H and O–H groups in total. The summed E-state index contributed by atoms with van der Waals surface area (Å²) in [5, 5.41) is 4.43. The minimum Gasteiger partial charge on any atom is -0.494 e. The molecule has 0 aliphatic rings. The van der Waals surface area contributed by atoms with Crippen LogP contribution < -0.4 is 10.4 Å². The fraction of sp³-hybridized carbons (Fsp3) is 0.105. The highest BCUT2D eigenvalue weighted by Crippen LogP contribution is 2.30. The Balaban J connectivity index is 1.85. The number of benzene rings is 2. The summed E-state index contributed by atoms with van der Waals surface area (Å²) >= 11 is 0. The van der Waals surface area contributed by atoms with E-state index in [-0.39, 0.29) is 17.3 Å². The minimum atomic E-state index is -0.563. The zero-order valence-electron chi connectivity index (χ0n) is 13.7. The fourth-order valence-electron chi connectivity index (χ4n) is 2.66. The summed E-state index contributed by atoms with van der Waals surface area (Å²) in [7, 11) is 0. The van der Waals surface area contributed by atoms with Crippen LogP contribution in [0.4, 0.5) is 4.39 Å². The van der Waals surface area contributed by atoms with Crippen molar-refractivity contribution in [3.8, 4) is 28.6 Å². The van der Waals surface area contributed by atoms with Crippen LogP contribution in [0, 0.1) is 5.82 Å². The van der Waals surface area contributed by atoms with E-state index in [0.717, 1.165) is 0 Å². The first-order chi connectivity index (χ1) is 12.7. The number of hydrogen-bond acceptors (Lipinski definition) is 6. The van der Waals surface area contributed by atoms with Gasteiger partial charge in [0.2, 0.25) is 5.82 Å². The highest BCUT2D eigenvalue weighted by Gasteiger charge is 2.17. The molecule has 130 valence electrons. The van der Waals surface area contributed by atoms with Crippen LogP contribution in [0.5, 0.6) is 5.75 Å². The largest absolute Gasteiger partial charge is 0.494 e. The molecule has 0 spiro atoms. The molecule has 2 aromatic carbocycles. The molecule has 6 nitrogen and oxygen atoms in total. The van der Waals surface area contributed by atoms with Crippen LogP contribution in [0.3, 0.4) is 0 Å². The third-order valence-electron chi connectivity index (χ3n) is 3.80. The van der Waals surface area contributed by atoms with Gasteiger partial charge in [-0.2, -0.15) is 4.98 Å². The first kappa shape index (κ1) is 16.0. The predicted octanol–water partition coefficient (Wildman–Crippen LogP) is 4.05. The standard InChI is InChI=1S/C19H13FN2O4/c1-2-24-11-7-8-12-14(10-17(23)25-16(12)9-11)19-21-18(22-26-19)13-5-3-4-6-15(13)20/h3-10H,2H2,1H3. The summed E-state index contributed by atoms with van der Waals surface area (Å²) in [5.74, 6) is 0.326. The van der Waals surface area contributed by atoms with Crippen molar-refractivity contribution in [1.29, 1.82) is 0 Å². The van der Waals surface area contributed by atoms with Crippen molar-refractivity contribution >= 4 is 11.0 Å². The van der Waals surface area contributed by atoms with E-state index in [2.05, 4.69) is 10.1 Å². The smallest absolute Gasteiger partial charge is 0.337 e. The molecule has 0 radical (unpaired) electrons.